The molecule has 3 heteroatoms. The summed E-state index contributed by atoms with van der Waals surface area (Å²) in [7, 11) is 0. The summed E-state index contributed by atoms with van der Waals surface area (Å²) in [4.78, 5) is 12.2. The molecule has 2 unspecified atom stereocenters. The Balaban J connectivity index is 2.18. The normalized spacial score (nSPS) is 22.7. The molecule has 0 heterocycles. The molecule has 0 fully saturated rings. The van der Waals surface area contributed by atoms with E-state index in [1.54, 1.807) is 0 Å². The number of hydrogen-bond acceptors (Lipinski definition) is 2. The quantitative estimate of drug-likeness (QED) is 0.860. The fraction of sp³-hybridized carbons (Fsp3) is 0.533. The maximum absolute atomic E-state index is 12.2. The van der Waals surface area contributed by atoms with Gasteiger partial charge in [0.2, 0.25) is 5.91 Å². The minimum Gasteiger partial charge on any atom is -0.390 e. The Morgan fingerprint density at radius 2 is 2.11 bits per heavy atom. The van der Waals surface area contributed by atoms with Crippen molar-refractivity contribution in [2.24, 2.45) is 5.41 Å². The number of rotatable bonds is 3. The van der Waals surface area contributed by atoms with E-state index in [1.807, 2.05) is 45.0 Å². The van der Waals surface area contributed by atoms with Crippen LogP contribution < -0.4 is 5.32 Å². The molecule has 0 radical (unpaired) electrons. The first-order chi connectivity index (χ1) is 8.45. The van der Waals surface area contributed by atoms with Crippen molar-refractivity contribution in [3.8, 4) is 0 Å². The molecule has 0 aromatic heterocycles. The van der Waals surface area contributed by atoms with Gasteiger partial charge in [0.05, 0.1) is 12.1 Å². The lowest BCUT2D eigenvalue weighted by Crippen LogP contribution is -2.41. The fourth-order valence-corrected chi connectivity index (χ4v) is 2.25. The van der Waals surface area contributed by atoms with Crippen LogP contribution in [0.25, 0.3) is 0 Å². The van der Waals surface area contributed by atoms with Crippen LogP contribution in [0.4, 0.5) is 0 Å². The summed E-state index contributed by atoms with van der Waals surface area (Å²) in [6.45, 7) is 5.85. The predicted octanol–water partition coefficient (Wildman–Crippen LogP) is 2.20. The summed E-state index contributed by atoms with van der Waals surface area (Å²) in [5.74, 6) is 0.00533. The lowest BCUT2D eigenvalue weighted by molar-refractivity contribution is -0.131. The third-order valence-corrected chi connectivity index (χ3v) is 3.99. The molecule has 2 atom stereocenters. The van der Waals surface area contributed by atoms with Gasteiger partial charge in [0.1, 0.15) is 0 Å². The monoisotopic (exact) mass is 247 g/mol. The van der Waals surface area contributed by atoms with Crippen LogP contribution >= 0.6 is 0 Å². The second-order valence-electron chi connectivity index (χ2n) is 5.66. The molecule has 1 aromatic rings. The number of nitrogens with one attached hydrogen (secondary N) is 1. The van der Waals surface area contributed by atoms with Gasteiger partial charge in [0.15, 0.2) is 0 Å². The highest BCUT2D eigenvalue weighted by atomic mass is 16.3. The first kappa shape index (κ1) is 13.1. The molecule has 18 heavy (non-hydrogen) atoms. The SMILES string of the molecule is CCC(C)(C)C(=O)NC1c2ccccc2CC1O. The van der Waals surface area contributed by atoms with E-state index in [0.29, 0.717) is 6.42 Å². The third-order valence-electron chi connectivity index (χ3n) is 3.99. The minimum absolute atomic E-state index is 0.00533. The first-order valence-corrected chi connectivity index (χ1v) is 6.52. The topological polar surface area (TPSA) is 49.3 Å². The van der Waals surface area contributed by atoms with E-state index < -0.39 is 11.5 Å². The zero-order valence-electron chi connectivity index (χ0n) is 11.2. The van der Waals surface area contributed by atoms with E-state index in [0.717, 1.165) is 17.5 Å². The molecule has 2 N–H and O–H groups in total. The van der Waals surface area contributed by atoms with Crippen LogP contribution in [-0.2, 0) is 11.2 Å². The van der Waals surface area contributed by atoms with Crippen molar-refractivity contribution in [1.29, 1.82) is 0 Å². The fourth-order valence-electron chi connectivity index (χ4n) is 2.25. The van der Waals surface area contributed by atoms with Crippen LogP contribution in [0.15, 0.2) is 24.3 Å². The van der Waals surface area contributed by atoms with Gasteiger partial charge in [-0.1, -0.05) is 45.0 Å². The second kappa shape index (κ2) is 4.73. The zero-order chi connectivity index (χ0) is 13.3. The van der Waals surface area contributed by atoms with Crippen LogP contribution in [0.5, 0.6) is 0 Å². The van der Waals surface area contributed by atoms with E-state index in [2.05, 4.69) is 5.32 Å². The van der Waals surface area contributed by atoms with E-state index in [-0.39, 0.29) is 11.9 Å². The molecule has 0 saturated carbocycles. The third kappa shape index (κ3) is 2.27. The molecular formula is C15H21NO2. The van der Waals surface area contributed by atoms with Gasteiger partial charge in [-0.05, 0) is 17.5 Å². The standard InChI is InChI=1S/C15H21NO2/c1-4-15(2,3)14(18)16-13-11-8-6-5-7-10(11)9-12(13)17/h5-8,12-13,17H,4,9H2,1-3H3,(H,16,18). The number of aliphatic hydroxyl groups excluding tert-OH is 1. The maximum atomic E-state index is 12.2. The number of amides is 1. The molecule has 2 rings (SSSR count). The molecule has 0 aliphatic heterocycles. The van der Waals surface area contributed by atoms with Crippen LogP contribution in [0.3, 0.4) is 0 Å². The molecule has 1 aromatic carbocycles. The van der Waals surface area contributed by atoms with Crippen LogP contribution in [0.1, 0.15) is 44.4 Å². The van der Waals surface area contributed by atoms with Crippen molar-refractivity contribution in [3.05, 3.63) is 35.4 Å². The van der Waals surface area contributed by atoms with Crippen molar-refractivity contribution in [2.75, 3.05) is 0 Å². The largest absolute Gasteiger partial charge is 0.390 e. The Kier molecular flexibility index (Phi) is 3.44. The van der Waals surface area contributed by atoms with Crippen LogP contribution in [-0.4, -0.2) is 17.1 Å². The zero-order valence-corrected chi connectivity index (χ0v) is 11.2. The Hall–Kier alpha value is -1.35. The van der Waals surface area contributed by atoms with Gasteiger partial charge in [-0.2, -0.15) is 0 Å². The van der Waals surface area contributed by atoms with Crippen molar-refractivity contribution in [1.82, 2.24) is 5.32 Å². The maximum Gasteiger partial charge on any atom is 0.226 e. The van der Waals surface area contributed by atoms with E-state index in [9.17, 15) is 9.90 Å². The summed E-state index contributed by atoms with van der Waals surface area (Å²) in [5, 5.41) is 13.1. The van der Waals surface area contributed by atoms with E-state index in [1.165, 1.54) is 0 Å². The Labute approximate surface area is 108 Å². The predicted molar refractivity (Wildman–Crippen MR) is 71.1 cm³/mol. The van der Waals surface area contributed by atoms with Gasteiger partial charge in [0.25, 0.3) is 0 Å². The summed E-state index contributed by atoms with van der Waals surface area (Å²) < 4.78 is 0. The van der Waals surface area contributed by atoms with Crippen molar-refractivity contribution in [2.45, 2.75) is 45.8 Å². The van der Waals surface area contributed by atoms with E-state index >= 15 is 0 Å². The first-order valence-electron chi connectivity index (χ1n) is 6.52. The molecule has 1 aliphatic carbocycles. The molecule has 0 saturated heterocycles. The highest BCUT2D eigenvalue weighted by Crippen LogP contribution is 2.32. The Morgan fingerprint density at radius 1 is 1.44 bits per heavy atom. The van der Waals surface area contributed by atoms with Gasteiger partial charge in [-0.25, -0.2) is 0 Å². The van der Waals surface area contributed by atoms with Gasteiger partial charge < -0.3 is 10.4 Å². The van der Waals surface area contributed by atoms with Crippen LogP contribution in [0, 0.1) is 5.41 Å². The lowest BCUT2D eigenvalue weighted by atomic mass is 9.88. The number of hydrogen-bond donors (Lipinski definition) is 2. The molecule has 98 valence electrons. The van der Waals surface area contributed by atoms with Crippen LogP contribution in [0.2, 0.25) is 0 Å². The Morgan fingerprint density at radius 3 is 2.78 bits per heavy atom. The number of aliphatic hydroxyl groups is 1. The molecule has 0 bridgehead atoms. The molecule has 0 spiro atoms. The molecule has 1 aliphatic rings. The molecule has 3 nitrogen and oxygen atoms in total. The van der Waals surface area contributed by atoms with Crippen molar-refractivity contribution < 1.29 is 9.90 Å². The van der Waals surface area contributed by atoms with Crippen molar-refractivity contribution >= 4 is 5.91 Å². The average Bonchev–Trinajstić information content (AvgIpc) is 2.66. The minimum atomic E-state index is -0.515. The van der Waals surface area contributed by atoms with Gasteiger partial charge >= 0.3 is 0 Å². The summed E-state index contributed by atoms with van der Waals surface area (Å²) in [6.07, 6.45) is 0.885. The average molecular weight is 247 g/mol. The second-order valence-corrected chi connectivity index (χ2v) is 5.66. The van der Waals surface area contributed by atoms with Crippen molar-refractivity contribution in [3.63, 3.8) is 0 Å². The Bertz CT molecular complexity index is 454. The van der Waals surface area contributed by atoms with Gasteiger partial charge in [-0.3, -0.25) is 4.79 Å². The highest BCUT2D eigenvalue weighted by Gasteiger charge is 2.35. The number of fused-ring (bicyclic) bond motifs is 1. The number of benzene rings is 1. The number of carbonyl (C=O) groups excluding carboxylic acids is 1. The smallest absolute Gasteiger partial charge is 0.226 e. The highest BCUT2D eigenvalue weighted by molar-refractivity contribution is 5.82. The van der Waals surface area contributed by atoms with Gasteiger partial charge in [0, 0.05) is 11.8 Å². The number of carbonyl (C=O) groups is 1. The summed E-state index contributed by atoms with van der Waals surface area (Å²) in [5.41, 5.74) is 1.78. The summed E-state index contributed by atoms with van der Waals surface area (Å²) in [6, 6.07) is 7.64. The molecular weight excluding hydrogens is 226 g/mol. The van der Waals surface area contributed by atoms with Gasteiger partial charge in [-0.15, -0.1) is 0 Å². The molecule has 1 amide bonds. The summed E-state index contributed by atoms with van der Waals surface area (Å²) >= 11 is 0. The van der Waals surface area contributed by atoms with E-state index in [4.69, 9.17) is 0 Å². The lowest BCUT2D eigenvalue weighted by Gasteiger charge is -2.26.